The van der Waals surface area contributed by atoms with Crippen LogP contribution >= 0.6 is 0 Å². The van der Waals surface area contributed by atoms with Crippen molar-refractivity contribution in [2.75, 3.05) is 7.05 Å². The maximum atomic E-state index is 12.1. The number of carbonyl (C=O) groups excluding carboxylic acids is 1. The van der Waals surface area contributed by atoms with Crippen LogP contribution in [0.15, 0.2) is 17.2 Å². The number of rotatable bonds is 6. The van der Waals surface area contributed by atoms with Crippen LogP contribution in [0.4, 0.5) is 0 Å². The number of aromatic nitrogens is 1. The minimum atomic E-state index is -3.66. The maximum Gasteiger partial charge on any atom is 0.326 e. The van der Waals surface area contributed by atoms with Crippen molar-refractivity contribution < 1.29 is 23.1 Å². The molecular formula is C12H19N3O5S. The Labute approximate surface area is 123 Å². The monoisotopic (exact) mass is 317 g/mol. The number of amides is 1. The summed E-state index contributed by atoms with van der Waals surface area (Å²) in [4.78, 5) is 23.1. The normalized spacial score (nSPS) is 13.2. The van der Waals surface area contributed by atoms with Gasteiger partial charge in [0.25, 0.3) is 5.91 Å². The van der Waals surface area contributed by atoms with E-state index in [2.05, 4.69) is 10.0 Å². The number of hydrogen-bond donors (Lipinski definition) is 3. The van der Waals surface area contributed by atoms with E-state index >= 15 is 0 Å². The van der Waals surface area contributed by atoms with Gasteiger partial charge in [0, 0.05) is 13.2 Å². The molecule has 118 valence electrons. The number of nitrogens with zero attached hydrogens (tertiary/aromatic N) is 1. The van der Waals surface area contributed by atoms with Gasteiger partial charge in [-0.25, -0.2) is 17.9 Å². The van der Waals surface area contributed by atoms with E-state index in [0.29, 0.717) is 0 Å². The number of aliphatic carboxylic acids is 1. The molecule has 1 heterocycles. The van der Waals surface area contributed by atoms with Gasteiger partial charge in [0.2, 0.25) is 10.0 Å². The molecule has 1 atom stereocenters. The summed E-state index contributed by atoms with van der Waals surface area (Å²) in [5.41, 5.74) is 0.0655. The van der Waals surface area contributed by atoms with Crippen LogP contribution in [0.25, 0.3) is 0 Å². The van der Waals surface area contributed by atoms with Crippen LogP contribution in [0.1, 0.15) is 24.3 Å². The van der Waals surface area contributed by atoms with Crippen molar-refractivity contribution in [3.63, 3.8) is 0 Å². The zero-order valence-corrected chi connectivity index (χ0v) is 13.1. The summed E-state index contributed by atoms with van der Waals surface area (Å²) in [7, 11) is -0.888. The molecule has 8 nitrogen and oxygen atoms in total. The highest BCUT2D eigenvalue weighted by Crippen LogP contribution is 2.14. The molecule has 9 heteroatoms. The van der Waals surface area contributed by atoms with Gasteiger partial charge < -0.3 is 15.0 Å². The summed E-state index contributed by atoms with van der Waals surface area (Å²) in [6, 6.07) is 0.150. The quantitative estimate of drug-likeness (QED) is 0.670. The average Bonchev–Trinajstić information content (AvgIpc) is 2.77. The number of aryl methyl sites for hydroxylation is 1. The van der Waals surface area contributed by atoms with Crippen LogP contribution in [0, 0.1) is 5.92 Å². The Morgan fingerprint density at radius 1 is 1.33 bits per heavy atom. The minimum absolute atomic E-state index is 0.0610. The molecule has 0 bridgehead atoms. The van der Waals surface area contributed by atoms with Crippen molar-refractivity contribution in [1.82, 2.24) is 14.6 Å². The SMILES string of the molecule is CNS(=O)(=O)c1cc(C(=O)N[C@@H](C(=O)O)C(C)C)n(C)c1. The molecule has 0 aliphatic rings. The number of carbonyl (C=O) groups is 2. The number of sulfonamides is 1. The Morgan fingerprint density at radius 2 is 1.90 bits per heavy atom. The molecule has 0 fully saturated rings. The molecule has 0 saturated heterocycles. The molecule has 1 rings (SSSR count). The zero-order chi connectivity index (χ0) is 16.4. The van der Waals surface area contributed by atoms with Crippen molar-refractivity contribution in [2.45, 2.75) is 24.8 Å². The molecule has 21 heavy (non-hydrogen) atoms. The second-order valence-corrected chi connectivity index (χ2v) is 6.80. The van der Waals surface area contributed by atoms with Crippen molar-refractivity contribution in [3.05, 3.63) is 18.0 Å². The van der Waals surface area contributed by atoms with Gasteiger partial charge in [-0.15, -0.1) is 0 Å². The standard InChI is InChI=1S/C12H19N3O5S/c1-7(2)10(12(17)18)14-11(16)9-5-8(6-15(9)4)21(19,20)13-3/h5-7,10,13H,1-4H3,(H,14,16)(H,17,18)/t10-/m1/s1. The van der Waals surface area contributed by atoms with E-state index < -0.39 is 27.9 Å². The van der Waals surface area contributed by atoms with E-state index in [-0.39, 0.29) is 16.5 Å². The molecule has 0 radical (unpaired) electrons. The van der Waals surface area contributed by atoms with Crippen LogP contribution in [-0.4, -0.2) is 43.1 Å². The Morgan fingerprint density at radius 3 is 2.33 bits per heavy atom. The first-order chi connectivity index (χ1) is 9.60. The maximum absolute atomic E-state index is 12.1. The lowest BCUT2D eigenvalue weighted by atomic mass is 10.0. The van der Waals surface area contributed by atoms with Gasteiger partial charge in [0.1, 0.15) is 16.6 Å². The predicted octanol–water partition coefficient (Wildman–Crippen LogP) is -0.228. The Balaban J connectivity index is 3.07. The predicted molar refractivity (Wildman–Crippen MR) is 75.4 cm³/mol. The highest BCUT2D eigenvalue weighted by Gasteiger charge is 2.26. The van der Waals surface area contributed by atoms with Crippen LogP contribution in [0.5, 0.6) is 0 Å². The van der Waals surface area contributed by atoms with E-state index in [1.807, 2.05) is 0 Å². The lowest BCUT2D eigenvalue weighted by Crippen LogP contribution is -2.44. The van der Waals surface area contributed by atoms with Gasteiger partial charge in [-0.05, 0) is 19.0 Å². The molecule has 1 aromatic heterocycles. The van der Waals surface area contributed by atoms with E-state index in [9.17, 15) is 18.0 Å². The van der Waals surface area contributed by atoms with Gasteiger partial charge in [0.15, 0.2) is 0 Å². The Bertz CT molecular complexity index is 648. The zero-order valence-electron chi connectivity index (χ0n) is 12.2. The number of hydrogen-bond acceptors (Lipinski definition) is 4. The average molecular weight is 317 g/mol. The molecule has 0 saturated carbocycles. The van der Waals surface area contributed by atoms with Gasteiger partial charge in [0.05, 0.1) is 0 Å². The Kier molecular flexibility index (Phi) is 5.13. The third kappa shape index (κ3) is 3.82. The van der Waals surface area contributed by atoms with Gasteiger partial charge in [-0.3, -0.25) is 4.79 Å². The molecule has 0 aliphatic carbocycles. The van der Waals surface area contributed by atoms with Crippen LogP contribution in [-0.2, 0) is 21.9 Å². The van der Waals surface area contributed by atoms with Gasteiger partial charge in [-0.1, -0.05) is 13.8 Å². The second kappa shape index (κ2) is 6.27. The summed E-state index contributed by atoms with van der Waals surface area (Å²) in [6.07, 6.45) is 1.28. The number of nitrogens with one attached hydrogen (secondary N) is 2. The summed E-state index contributed by atoms with van der Waals surface area (Å²) in [5, 5.41) is 11.4. The van der Waals surface area contributed by atoms with E-state index in [1.165, 1.54) is 30.9 Å². The topological polar surface area (TPSA) is 118 Å². The lowest BCUT2D eigenvalue weighted by molar-refractivity contribution is -0.140. The first kappa shape index (κ1) is 17.2. The fraction of sp³-hybridized carbons (Fsp3) is 0.500. The van der Waals surface area contributed by atoms with Crippen LogP contribution in [0.2, 0.25) is 0 Å². The molecule has 0 unspecified atom stereocenters. The molecule has 0 spiro atoms. The summed E-state index contributed by atoms with van der Waals surface area (Å²) >= 11 is 0. The summed E-state index contributed by atoms with van der Waals surface area (Å²) in [5.74, 6) is -2.08. The number of carboxylic acids is 1. The fourth-order valence-electron chi connectivity index (χ4n) is 1.75. The molecule has 3 N–H and O–H groups in total. The summed E-state index contributed by atoms with van der Waals surface area (Å²) < 4.78 is 26.8. The van der Waals surface area contributed by atoms with Gasteiger partial charge in [-0.2, -0.15) is 0 Å². The molecule has 0 aliphatic heterocycles. The van der Waals surface area contributed by atoms with Crippen molar-refractivity contribution >= 4 is 21.9 Å². The van der Waals surface area contributed by atoms with Crippen molar-refractivity contribution in [2.24, 2.45) is 13.0 Å². The highest BCUT2D eigenvalue weighted by molar-refractivity contribution is 7.89. The van der Waals surface area contributed by atoms with E-state index in [1.54, 1.807) is 13.8 Å². The Hall–Kier alpha value is -1.87. The largest absolute Gasteiger partial charge is 0.480 e. The van der Waals surface area contributed by atoms with E-state index in [4.69, 9.17) is 5.11 Å². The molecular weight excluding hydrogens is 298 g/mol. The molecule has 1 amide bonds. The van der Waals surface area contributed by atoms with Gasteiger partial charge >= 0.3 is 5.97 Å². The highest BCUT2D eigenvalue weighted by atomic mass is 32.2. The first-order valence-corrected chi connectivity index (χ1v) is 7.72. The van der Waals surface area contributed by atoms with Crippen molar-refractivity contribution in [1.29, 1.82) is 0 Å². The minimum Gasteiger partial charge on any atom is -0.480 e. The van der Waals surface area contributed by atoms with E-state index in [0.717, 1.165) is 0 Å². The summed E-state index contributed by atoms with van der Waals surface area (Å²) in [6.45, 7) is 3.34. The van der Waals surface area contributed by atoms with Crippen LogP contribution in [0.3, 0.4) is 0 Å². The fourth-order valence-corrected chi connectivity index (χ4v) is 2.55. The molecule has 1 aromatic rings. The third-order valence-corrected chi connectivity index (χ3v) is 4.39. The molecule has 0 aromatic carbocycles. The van der Waals surface area contributed by atoms with Crippen LogP contribution < -0.4 is 10.0 Å². The number of carboxylic acid groups (broad SMARTS) is 1. The lowest BCUT2D eigenvalue weighted by Gasteiger charge is -2.17. The smallest absolute Gasteiger partial charge is 0.326 e. The van der Waals surface area contributed by atoms with Crippen molar-refractivity contribution in [3.8, 4) is 0 Å². The second-order valence-electron chi connectivity index (χ2n) is 4.91. The third-order valence-electron chi connectivity index (χ3n) is 3.01. The first-order valence-electron chi connectivity index (χ1n) is 6.23.